The summed E-state index contributed by atoms with van der Waals surface area (Å²) in [6.45, 7) is 0.477. The van der Waals surface area contributed by atoms with E-state index in [1.165, 1.54) is 6.07 Å². The van der Waals surface area contributed by atoms with E-state index in [0.717, 1.165) is 5.56 Å². The fourth-order valence-electron chi connectivity index (χ4n) is 1.42. The lowest BCUT2D eigenvalue weighted by molar-refractivity contribution is 0.112. The Bertz CT molecular complexity index is 370. The van der Waals surface area contributed by atoms with Crippen molar-refractivity contribution in [1.82, 2.24) is 0 Å². The van der Waals surface area contributed by atoms with Crippen LogP contribution in [0.15, 0.2) is 6.07 Å². The molecule has 4 heteroatoms. The molecular weight excluding hydrogens is 172 g/mol. The molecule has 0 saturated heterocycles. The van der Waals surface area contributed by atoms with E-state index in [-0.39, 0.29) is 11.3 Å². The average molecular weight is 180 g/mol. The van der Waals surface area contributed by atoms with Gasteiger partial charge in [-0.05, 0) is 6.07 Å². The molecule has 0 fully saturated rings. The Morgan fingerprint density at radius 2 is 2.15 bits per heavy atom. The third-order valence-corrected chi connectivity index (χ3v) is 2.08. The minimum absolute atomic E-state index is 0.0988. The first-order chi connectivity index (χ1) is 6.24. The van der Waals surface area contributed by atoms with Gasteiger partial charge in [-0.25, -0.2) is 0 Å². The van der Waals surface area contributed by atoms with Gasteiger partial charge >= 0.3 is 0 Å². The molecule has 1 aliphatic heterocycles. The number of hydrogen-bond acceptors (Lipinski definition) is 4. The zero-order valence-electron chi connectivity index (χ0n) is 6.78. The van der Waals surface area contributed by atoms with E-state index in [2.05, 4.69) is 0 Å². The summed E-state index contributed by atoms with van der Waals surface area (Å²) in [6, 6.07) is 1.53. The van der Waals surface area contributed by atoms with Crippen LogP contribution in [0, 0.1) is 0 Å². The van der Waals surface area contributed by atoms with Crippen molar-refractivity contribution in [2.75, 3.05) is 6.61 Å². The molecule has 0 atom stereocenters. The Morgan fingerprint density at radius 1 is 1.38 bits per heavy atom. The molecule has 2 rings (SSSR count). The maximum atomic E-state index is 10.5. The minimum Gasteiger partial charge on any atom is -0.504 e. The number of benzene rings is 1. The maximum Gasteiger partial charge on any atom is 0.201 e. The second-order valence-corrected chi connectivity index (χ2v) is 2.87. The van der Waals surface area contributed by atoms with E-state index in [0.29, 0.717) is 25.1 Å². The van der Waals surface area contributed by atoms with Gasteiger partial charge < -0.3 is 14.9 Å². The number of hydrogen-bond donors (Lipinski definition) is 2. The van der Waals surface area contributed by atoms with E-state index in [4.69, 9.17) is 4.74 Å². The number of fused-ring (bicyclic) bond motifs is 1. The quantitative estimate of drug-likeness (QED) is 0.496. The molecule has 0 bridgehead atoms. The molecular formula is C9H8O4. The first kappa shape index (κ1) is 7.91. The van der Waals surface area contributed by atoms with E-state index in [9.17, 15) is 15.0 Å². The highest BCUT2D eigenvalue weighted by Crippen LogP contribution is 2.43. The third kappa shape index (κ3) is 1.02. The molecule has 0 aromatic heterocycles. The van der Waals surface area contributed by atoms with Crippen LogP contribution in [0.5, 0.6) is 17.2 Å². The number of aldehydes is 1. The molecule has 13 heavy (non-hydrogen) atoms. The molecule has 0 radical (unpaired) electrons. The number of rotatable bonds is 1. The van der Waals surface area contributed by atoms with Crippen LogP contribution in [0.25, 0.3) is 0 Å². The van der Waals surface area contributed by atoms with Gasteiger partial charge in [-0.15, -0.1) is 0 Å². The van der Waals surface area contributed by atoms with Crippen molar-refractivity contribution < 1.29 is 19.7 Å². The van der Waals surface area contributed by atoms with Gasteiger partial charge in [0.05, 0.1) is 12.2 Å². The summed E-state index contributed by atoms with van der Waals surface area (Å²) in [5, 5.41) is 18.7. The zero-order valence-corrected chi connectivity index (χ0v) is 6.78. The Morgan fingerprint density at radius 3 is 2.85 bits per heavy atom. The number of phenolic OH excluding ortho intramolecular Hbond substituents is 2. The second kappa shape index (κ2) is 2.65. The smallest absolute Gasteiger partial charge is 0.201 e. The molecule has 1 heterocycles. The Kier molecular flexibility index (Phi) is 1.62. The summed E-state index contributed by atoms with van der Waals surface area (Å²) < 4.78 is 5.08. The third-order valence-electron chi connectivity index (χ3n) is 2.08. The predicted molar refractivity (Wildman–Crippen MR) is 44.4 cm³/mol. The van der Waals surface area contributed by atoms with Gasteiger partial charge in [0.1, 0.15) is 0 Å². The summed E-state index contributed by atoms with van der Waals surface area (Å²) in [4.78, 5) is 10.5. The van der Waals surface area contributed by atoms with Crippen LogP contribution < -0.4 is 4.74 Å². The van der Waals surface area contributed by atoms with Crippen molar-refractivity contribution in [1.29, 1.82) is 0 Å². The molecule has 4 nitrogen and oxygen atoms in total. The summed E-state index contributed by atoms with van der Waals surface area (Å²) in [7, 11) is 0. The highest BCUT2D eigenvalue weighted by Gasteiger charge is 2.21. The van der Waals surface area contributed by atoms with Crippen LogP contribution in [0.4, 0.5) is 0 Å². The van der Waals surface area contributed by atoms with Gasteiger partial charge in [0.2, 0.25) is 5.75 Å². The van der Waals surface area contributed by atoms with Gasteiger partial charge in [0.25, 0.3) is 0 Å². The van der Waals surface area contributed by atoms with Crippen LogP contribution in [0.2, 0.25) is 0 Å². The van der Waals surface area contributed by atoms with Crippen molar-refractivity contribution >= 4 is 6.29 Å². The fraction of sp³-hybridized carbons (Fsp3) is 0.222. The van der Waals surface area contributed by atoms with Crippen molar-refractivity contribution in [3.8, 4) is 17.2 Å². The second-order valence-electron chi connectivity index (χ2n) is 2.87. The summed E-state index contributed by atoms with van der Waals surface area (Å²) in [5.41, 5.74) is 0.860. The van der Waals surface area contributed by atoms with Gasteiger partial charge in [-0.3, -0.25) is 4.79 Å². The fourth-order valence-corrected chi connectivity index (χ4v) is 1.42. The number of carbonyl (C=O) groups is 1. The zero-order chi connectivity index (χ0) is 9.42. The molecule has 2 N–H and O–H groups in total. The lowest BCUT2D eigenvalue weighted by atomic mass is 10.1. The monoisotopic (exact) mass is 180 g/mol. The summed E-state index contributed by atoms with van der Waals surface area (Å²) >= 11 is 0. The molecule has 68 valence electrons. The van der Waals surface area contributed by atoms with Gasteiger partial charge in [0, 0.05) is 12.0 Å². The lowest BCUT2D eigenvalue weighted by Gasteiger charge is -2.05. The van der Waals surface area contributed by atoms with Crippen molar-refractivity contribution in [3.63, 3.8) is 0 Å². The van der Waals surface area contributed by atoms with Crippen molar-refractivity contribution in [2.24, 2.45) is 0 Å². The van der Waals surface area contributed by atoms with Gasteiger partial charge in [0.15, 0.2) is 17.8 Å². The first-order valence-corrected chi connectivity index (χ1v) is 3.90. The molecule has 0 unspecified atom stereocenters. The normalized spacial score (nSPS) is 13.5. The number of ether oxygens (including phenoxy) is 1. The van der Waals surface area contributed by atoms with Crippen LogP contribution in [0.3, 0.4) is 0 Å². The van der Waals surface area contributed by atoms with Crippen LogP contribution in [-0.2, 0) is 6.42 Å². The topological polar surface area (TPSA) is 66.8 Å². The van der Waals surface area contributed by atoms with E-state index < -0.39 is 5.75 Å². The van der Waals surface area contributed by atoms with Crippen molar-refractivity contribution in [2.45, 2.75) is 6.42 Å². The summed E-state index contributed by atoms with van der Waals surface area (Å²) in [6.07, 6.45) is 1.16. The highest BCUT2D eigenvalue weighted by atomic mass is 16.5. The number of carbonyl (C=O) groups excluding carboxylic acids is 1. The summed E-state index contributed by atoms with van der Waals surface area (Å²) in [5.74, 6) is -0.448. The molecule has 0 aliphatic carbocycles. The van der Waals surface area contributed by atoms with Crippen LogP contribution in [0.1, 0.15) is 15.9 Å². The highest BCUT2D eigenvalue weighted by molar-refractivity contribution is 5.83. The number of phenols is 2. The molecule has 0 saturated carbocycles. The lowest BCUT2D eigenvalue weighted by Crippen LogP contribution is -1.87. The molecule has 1 aromatic carbocycles. The average Bonchev–Trinajstić information content (AvgIpc) is 2.59. The maximum absolute atomic E-state index is 10.5. The predicted octanol–water partition coefficient (Wildman–Crippen LogP) is 0.845. The Hall–Kier alpha value is -1.71. The van der Waals surface area contributed by atoms with Crippen LogP contribution >= 0.6 is 0 Å². The van der Waals surface area contributed by atoms with Crippen molar-refractivity contribution in [3.05, 3.63) is 17.2 Å². The first-order valence-electron chi connectivity index (χ1n) is 3.90. The van der Waals surface area contributed by atoms with E-state index in [1.54, 1.807) is 0 Å². The van der Waals surface area contributed by atoms with Crippen LogP contribution in [-0.4, -0.2) is 23.1 Å². The SMILES string of the molecule is O=Cc1cc2c(c(O)c1O)OCC2. The Balaban J connectivity index is 2.68. The number of aromatic hydroxyl groups is 2. The molecule has 1 aromatic rings. The largest absolute Gasteiger partial charge is 0.504 e. The van der Waals surface area contributed by atoms with E-state index in [1.807, 2.05) is 0 Å². The molecule has 1 aliphatic rings. The standard InChI is InChI=1S/C9H8O4/c10-4-6-3-5-1-2-13-9(5)8(12)7(6)11/h3-4,11-12H,1-2H2. The Labute approximate surface area is 74.4 Å². The van der Waals surface area contributed by atoms with Gasteiger partial charge in [-0.2, -0.15) is 0 Å². The molecule has 0 spiro atoms. The minimum atomic E-state index is -0.407. The van der Waals surface area contributed by atoms with Gasteiger partial charge in [-0.1, -0.05) is 0 Å². The van der Waals surface area contributed by atoms with E-state index >= 15 is 0 Å². The molecule has 0 amide bonds.